The fourth-order valence-corrected chi connectivity index (χ4v) is 1.34. The topological polar surface area (TPSA) is 69.6 Å². The van der Waals surface area contributed by atoms with Crippen molar-refractivity contribution < 1.29 is 19.1 Å². The van der Waals surface area contributed by atoms with E-state index in [0.29, 0.717) is 0 Å². The van der Waals surface area contributed by atoms with E-state index in [9.17, 15) is 9.59 Å². The van der Waals surface area contributed by atoms with Crippen molar-refractivity contribution in [2.24, 2.45) is 0 Å². The molecule has 2 heterocycles. The van der Waals surface area contributed by atoms with Gasteiger partial charge in [-0.3, -0.25) is 4.68 Å². The Hall–Kier alpha value is -2.24. The highest BCUT2D eigenvalue weighted by Gasteiger charge is 2.38. The van der Waals surface area contributed by atoms with Crippen LogP contribution >= 0.6 is 0 Å². The maximum absolute atomic E-state index is 11.5. The Morgan fingerprint density at radius 3 is 2.24 bits per heavy atom. The van der Waals surface area contributed by atoms with Crippen LogP contribution in [-0.2, 0) is 19.1 Å². The Morgan fingerprint density at radius 2 is 1.71 bits per heavy atom. The zero-order valence-electron chi connectivity index (χ0n) is 9.47. The van der Waals surface area contributed by atoms with Crippen LogP contribution in [0.5, 0.6) is 0 Å². The second kappa shape index (κ2) is 3.97. The van der Waals surface area contributed by atoms with Crippen molar-refractivity contribution in [2.75, 3.05) is 5.43 Å². The minimum Gasteiger partial charge on any atom is -0.419 e. The lowest BCUT2D eigenvalue weighted by Crippen LogP contribution is -2.42. The summed E-state index contributed by atoms with van der Waals surface area (Å²) in [6, 6.07) is 3.60. The number of cyclic esters (lactones) is 2. The van der Waals surface area contributed by atoms with Crippen molar-refractivity contribution in [3.63, 3.8) is 0 Å². The maximum Gasteiger partial charge on any atom is 0.350 e. The summed E-state index contributed by atoms with van der Waals surface area (Å²) in [5.74, 6) is -2.62. The molecule has 0 radical (unpaired) electrons. The molecule has 0 unspecified atom stereocenters. The molecule has 90 valence electrons. The summed E-state index contributed by atoms with van der Waals surface area (Å²) in [7, 11) is 0. The standard InChI is InChI=1S/C11H12N2O4/c1-11(2)16-9(14)8(10(15)17-11)7-12-13-5-3-4-6-13/h3-7,12H,1-2H3. The first-order valence-electron chi connectivity index (χ1n) is 5.04. The Morgan fingerprint density at radius 1 is 1.18 bits per heavy atom. The lowest BCUT2D eigenvalue weighted by molar-refractivity contribution is -0.222. The second-order valence-corrected chi connectivity index (χ2v) is 3.96. The molecule has 6 nitrogen and oxygen atoms in total. The van der Waals surface area contributed by atoms with Crippen LogP contribution in [0.4, 0.5) is 0 Å². The lowest BCUT2D eigenvalue weighted by Gasteiger charge is -2.29. The highest BCUT2D eigenvalue weighted by Crippen LogP contribution is 2.22. The average Bonchev–Trinajstić information content (AvgIpc) is 2.67. The van der Waals surface area contributed by atoms with Gasteiger partial charge < -0.3 is 14.9 Å². The lowest BCUT2D eigenvalue weighted by atomic mass is 10.2. The third-order valence-electron chi connectivity index (χ3n) is 2.08. The fourth-order valence-electron chi connectivity index (χ4n) is 1.34. The van der Waals surface area contributed by atoms with E-state index in [-0.39, 0.29) is 5.57 Å². The molecule has 1 aliphatic rings. The predicted octanol–water partition coefficient (Wildman–Crippen LogP) is 0.752. The van der Waals surface area contributed by atoms with Gasteiger partial charge in [-0.1, -0.05) is 0 Å². The number of rotatable bonds is 2. The van der Waals surface area contributed by atoms with Crippen LogP contribution in [0.3, 0.4) is 0 Å². The van der Waals surface area contributed by atoms with Gasteiger partial charge in [0.25, 0.3) is 5.79 Å². The van der Waals surface area contributed by atoms with Gasteiger partial charge in [-0.05, 0) is 12.1 Å². The molecular formula is C11H12N2O4. The van der Waals surface area contributed by atoms with Gasteiger partial charge >= 0.3 is 11.9 Å². The number of hydrogen-bond acceptors (Lipinski definition) is 5. The Bertz CT molecular complexity index is 452. The van der Waals surface area contributed by atoms with Crippen molar-refractivity contribution in [3.05, 3.63) is 36.3 Å². The number of ether oxygens (including phenoxy) is 2. The molecule has 1 aromatic rings. The number of esters is 2. The average molecular weight is 236 g/mol. The van der Waals surface area contributed by atoms with Gasteiger partial charge in [0.15, 0.2) is 5.57 Å². The number of carbonyl (C=O) groups excluding carboxylic acids is 2. The minimum absolute atomic E-state index is 0.168. The van der Waals surface area contributed by atoms with Crippen LogP contribution in [0.15, 0.2) is 36.3 Å². The van der Waals surface area contributed by atoms with Crippen molar-refractivity contribution in [1.82, 2.24) is 4.68 Å². The van der Waals surface area contributed by atoms with Crippen LogP contribution in [0.25, 0.3) is 0 Å². The van der Waals surface area contributed by atoms with Gasteiger partial charge in [0.05, 0.1) is 0 Å². The van der Waals surface area contributed by atoms with Gasteiger partial charge in [-0.25, -0.2) is 9.59 Å². The SMILES string of the molecule is CC1(C)OC(=O)C(=CNn2cccc2)C(=O)O1. The van der Waals surface area contributed by atoms with Gasteiger partial charge in [0, 0.05) is 32.4 Å². The summed E-state index contributed by atoms with van der Waals surface area (Å²) in [6.07, 6.45) is 4.70. The van der Waals surface area contributed by atoms with Crippen molar-refractivity contribution in [2.45, 2.75) is 19.6 Å². The zero-order valence-corrected chi connectivity index (χ0v) is 9.47. The normalized spacial score (nSPS) is 18.4. The molecular weight excluding hydrogens is 224 g/mol. The van der Waals surface area contributed by atoms with Crippen molar-refractivity contribution >= 4 is 11.9 Å². The quantitative estimate of drug-likeness (QED) is 0.466. The van der Waals surface area contributed by atoms with E-state index >= 15 is 0 Å². The summed E-state index contributed by atoms with van der Waals surface area (Å²) < 4.78 is 11.4. The fraction of sp³-hybridized carbons (Fsp3) is 0.273. The van der Waals surface area contributed by atoms with Crippen LogP contribution < -0.4 is 5.43 Å². The van der Waals surface area contributed by atoms with Gasteiger partial charge in [0.2, 0.25) is 0 Å². The summed E-state index contributed by atoms with van der Waals surface area (Å²) in [5, 5.41) is 0. The highest BCUT2D eigenvalue weighted by atomic mass is 16.7. The van der Waals surface area contributed by atoms with Crippen molar-refractivity contribution in [3.8, 4) is 0 Å². The first-order valence-corrected chi connectivity index (χ1v) is 5.04. The van der Waals surface area contributed by atoms with Gasteiger partial charge in [0.1, 0.15) is 0 Å². The van der Waals surface area contributed by atoms with E-state index in [4.69, 9.17) is 9.47 Å². The molecule has 1 saturated heterocycles. The summed E-state index contributed by atoms with van der Waals surface area (Å²) >= 11 is 0. The van der Waals surface area contributed by atoms with E-state index < -0.39 is 17.7 Å². The molecule has 17 heavy (non-hydrogen) atoms. The maximum atomic E-state index is 11.5. The molecule has 1 N–H and O–H groups in total. The monoisotopic (exact) mass is 236 g/mol. The molecule has 1 fully saturated rings. The van der Waals surface area contributed by atoms with Gasteiger partial charge in [-0.15, -0.1) is 0 Å². The summed E-state index contributed by atoms with van der Waals surface area (Å²) in [4.78, 5) is 23.1. The number of aromatic nitrogens is 1. The predicted molar refractivity (Wildman–Crippen MR) is 58.1 cm³/mol. The molecule has 6 heteroatoms. The molecule has 0 aromatic carbocycles. The number of carbonyl (C=O) groups is 2. The van der Waals surface area contributed by atoms with E-state index in [0.717, 1.165) is 0 Å². The third-order valence-corrected chi connectivity index (χ3v) is 2.08. The third kappa shape index (κ3) is 2.47. The molecule has 0 aliphatic carbocycles. The molecule has 0 bridgehead atoms. The molecule has 0 saturated carbocycles. The largest absolute Gasteiger partial charge is 0.419 e. The van der Waals surface area contributed by atoms with E-state index in [1.165, 1.54) is 20.0 Å². The molecule has 0 atom stereocenters. The minimum atomic E-state index is -1.21. The van der Waals surface area contributed by atoms with E-state index in [1.54, 1.807) is 29.2 Å². The second-order valence-electron chi connectivity index (χ2n) is 3.96. The number of nitrogens with zero attached hydrogens (tertiary/aromatic N) is 1. The van der Waals surface area contributed by atoms with Crippen LogP contribution in [0.2, 0.25) is 0 Å². The van der Waals surface area contributed by atoms with Crippen molar-refractivity contribution in [1.29, 1.82) is 0 Å². The first-order chi connectivity index (χ1) is 7.98. The summed E-state index contributed by atoms with van der Waals surface area (Å²) in [5.41, 5.74) is 2.57. The zero-order chi connectivity index (χ0) is 12.5. The number of hydrogen-bond donors (Lipinski definition) is 1. The molecule has 1 aliphatic heterocycles. The first kappa shape index (κ1) is 11.3. The molecule has 0 spiro atoms. The van der Waals surface area contributed by atoms with Crippen LogP contribution in [-0.4, -0.2) is 22.4 Å². The van der Waals surface area contributed by atoms with Gasteiger partial charge in [-0.2, -0.15) is 0 Å². The highest BCUT2D eigenvalue weighted by molar-refractivity contribution is 6.15. The van der Waals surface area contributed by atoms with Crippen LogP contribution in [0, 0.1) is 0 Å². The number of nitrogens with one attached hydrogen (secondary N) is 1. The molecule has 1 aromatic heterocycles. The van der Waals surface area contributed by atoms with E-state index in [1.807, 2.05) is 0 Å². The Balaban J connectivity index is 2.13. The van der Waals surface area contributed by atoms with Crippen LogP contribution in [0.1, 0.15) is 13.8 Å². The van der Waals surface area contributed by atoms with E-state index in [2.05, 4.69) is 5.43 Å². The Kier molecular flexibility index (Phi) is 2.63. The molecule has 0 amide bonds. The summed E-state index contributed by atoms with van der Waals surface area (Å²) in [6.45, 7) is 3.00. The smallest absolute Gasteiger partial charge is 0.350 e. The molecule has 2 rings (SSSR count). The Labute approximate surface area is 97.8 Å².